The average Bonchev–Trinajstić information content (AvgIpc) is 3.11. The molecule has 1 amide bonds. The summed E-state index contributed by atoms with van der Waals surface area (Å²) >= 11 is 1.38. The van der Waals surface area contributed by atoms with Gasteiger partial charge < -0.3 is 15.4 Å². The maximum atomic E-state index is 12.2. The summed E-state index contributed by atoms with van der Waals surface area (Å²) in [6.45, 7) is 3.03. The number of hydrogen-bond acceptors (Lipinski definition) is 6. The van der Waals surface area contributed by atoms with Gasteiger partial charge >= 0.3 is 0 Å². The molecule has 0 unspecified atom stereocenters. The number of pyridine rings is 1. The minimum absolute atomic E-state index is 0.201. The van der Waals surface area contributed by atoms with Gasteiger partial charge in [-0.15, -0.1) is 11.3 Å². The van der Waals surface area contributed by atoms with Gasteiger partial charge in [0.2, 0.25) is 0 Å². The van der Waals surface area contributed by atoms with Gasteiger partial charge in [0.05, 0.1) is 6.61 Å². The zero-order valence-electron chi connectivity index (χ0n) is 13.7. The fourth-order valence-corrected chi connectivity index (χ4v) is 2.84. The number of carbonyl (C=O) groups excluding carboxylic acids is 1. The third-order valence-electron chi connectivity index (χ3n) is 3.36. The van der Waals surface area contributed by atoms with Gasteiger partial charge in [-0.2, -0.15) is 0 Å². The molecule has 0 aliphatic rings. The number of ether oxygens (including phenoxy) is 1. The highest BCUT2D eigenvalue weighted by atomic mass is 32.1. The molecular formula is C18H18N4O2S. The molecule has 3 aromatic rings. The van der Waals surface area contributed by atoms with Crippen LogP contribution in [-0.2, 0) is 6.54 Å². The molecule has 2 aromatic heterocycles. The first kappa shape index (κ1) is 16.9. The van der Waals surface area contributed by atoms with E-state index in [1.807, 2.05) is 43.3 Å². The number of nitrogens with one attached hydrogen (secondary N) is 2. The first-order valence-corrected chi connectivity index (χ1v) is 8.75. The van der Waals surface area contributed by atoms with Gasteiger partial charge in [0.1, 0.15) is 11.4 Å². The number of hydrogen-bond donors (Lipinski definition) is 2. The summed E-state index contributed by atoms with van der Waals surface area (Å²) in [5.74, 6) is 0.621. The van der Waals surface area contributed by atoms with Crippen LogP contribution in [0.3, 0.4) is 0 Å². The number of benzene rings is 1. The van der Waals surface area contributed by atoms with Crippen molar-refractivity contribution < 1.29 is 9.53 Å². The van der Waals surface area contributed by atoms with Gasteiger partial charge in [0, 0.05) is 30.0 Å². The van der Waals surface area contributed by atoms with E-state index in [0.717, 1.165) is 17.0 Å². The molecule has 0 atom stereocenters. The van der Waals surface area contributed by atoms with Gasteiger partial charge in [-0.1, -0.05) is 0 Å². The molecule has 3 rings (SSSR count). The standard InChI is InChI=1S/C18H18N4O2S/c1-2-24-15-5-3-14(4-6-15)21-18-22-16(12-25-18)17(23)20-11-13-7-9-19-10-8-13/h3-10,12H,2,11H2,1H3,(H,20,23)(H,21,22). The van der Waals surface area contributed by atoms with E-state index < -0.39 is 0 Å². The Hall–Kier alpha value is -2.93. The summed E-state index contributed by atoms with van der Waals surface area (Å²) in [5.41, 5.74) is 2.28. The molecule has 25 heavy (non-hydrogen) atoms. The van der Waals surface area contributed by atoms with E-state index in [0.29, 0.717) is 24.0 Å². The Kier molecular flexibility index (Phi) is 5.58. The van der Waals surface area contributed by atoms with Crippen LogP contribution in [0.1, 0.15) is 23.0 Å². The fraction of sp³-hybridized carbons (Fsp3) is 0.167. The normalized spacial score (nSPS) is 10.3. The van der Waals surface area contributed by atoms with Crippen molar-refractivity contribution in [2.45, 2.75) is 13.5 Å². The summed E-state index contributed by atoms with van der Waals surface area (Å²) in [5, 5.41) is 8.43. The molecule has 0 aliphatic heterocycles. The van der Waals surface area contributed by atoms with Crippen molar-refractivity contribution in [3.8, 4) is 5.75 Å². The maximum absolute atomic E-state index is 12.2. The second kappa shape index (κ2) is 8.25. The van der Waals surface area contributed by atoms with E-state index in [2.05, 4.69) is 20.6 Å². The molecule has 0 fully saturated rings. The SMILES string of the molecule is CCOc1ccc(Nc2nc(C(=O)NCc3ccncc3)cs2)cc1. The summed E-state index contributed by atoms with van der Waals surface area (Å²) in [7, 11) is 0. The Morgan fingerprint density at radius 1 is 1.16 bits per heavy atom. The fourth-order valence-electron chi connectivity index (χ4n) is 2.13. The monoisotopic (exact) mass is 354 g/mol. The average molecular weight is 354 g/mol. The molecule has 7 heteroatoms. The van der Waals surface area contributed by atoms with Gasteiger partial charge in [-0.3, -0.25) is 9.78 Å². The van der Waals surface area contributed by atoms with E-state index in [9.17, 15) is 4.79 Å². The van der Waals surface area contributed by atoms with Crippen LogP contribution >= 0.6 is 11.3 Å². The Balaban J connectivity index is 1.57. The van der Waals surface area contributed by atoms with Crippen LogP contribution in [0.4, 0.5) is 10.8 Å². The second-order valence-electron chi connectivity index (χ2n) is 5.16. The highest BCUT2D eigenvalue weighted by Gasteiger charge is 2.10. The topological polar surface area (TPSA) is 76.1 Å². The third kappa shape index (κ3) is 4.77. The molecule has 0 spiro atoms. The zero-order chi connectivity index (χ0) is 17.5. The lowest BCUT2D eigenvalue weighted by Crippen LogP contribution is -2.23. The molecule has 0 bridgehead atoms. The van der Waals surface area contributed by atoms with E-state index >= 15 is 0 Å². The maximum Gasteiger partial charge on any atom is 0.271 e. The van der Waals surface area contributed by atoms with Crippen molar-refractivity contribution >= 4 is 28.1 Å². The van der Waals surface area contributed by atoms with Crippen molar-refractivity contribution in [1.82, 2.24) is 15.3 Å². The highest BCUT2D eigenvalue weighted by molar-refractivity contribution is 7.14. The molecule has 6 nitrogen and oxygen atoms in total. The molecule has 1 aromatic carbocycles. The molecule has 2 heterocycles. The minimum Gasteiger partial charge on any atom is -0.494 e. The quantitative estimate of drug-likeness (QED) is 0.678. The lowest BCUT2D eigenvalue weighted by atomic mass is 10.2. The van der Waals surface area contributed by atoms with E-state index in [-0.39, 0.29) is 5.91 Å². The van der Waals surface area contributed by atoms with E-state index in [4.69, 9.17) is 4.74 Å². The van der Waals surface area contributed by atoms with Gasteiger partial charge in [-0.05, 0) is 48.9 Å². The van der Waals surface area contributed by atoms with Crippen LogP contribution in [0, 0.1) is 0 Å². The van der Waals surface area contributed by atoms with Crippen molar-refractivity contribution in [2.24, 2.45) is 0 Å². The van der Waals surface area contributed by atoms with Crippen LogP contribution in [0.5, 0.6) is 5.75 Å². The lowest BCUT2D eigenvalue weighted by molar-refractivity contribution is 0.0946. The second-order valence-corrected chi connectivity index (χ2v) is 6.02. The van der Waals surface area contributed by atoms with Gasteiger partial charge in [0.25, 0.3) is 5.91 Å². The number of nitrogens with zero attached hydrogens (tertiary/aromatic N) is 2. The van der Waals surface area contributed by atoms with Crippen LogP contribution in [0.15, 0.2) is 54.2 Å². The Bertz CT molecular complexity index is 819. The highest BCUT2D eigenvalue weighted by Crippen LogP contribution is 2.23. The number of rotatable bonds is 7. The van der Waals surface area contributed by atoms with Crippen LogP contribution in [0.25, 0.3) is 0 Å². The van der Waals surface area contributed by atoms with Crippen molar-refractivity contribution in [1.29, 1.82) is 0 Å². The molecule has 2 N–H and O–H groups in total. The van der Waals surface area contributed by atoms with E-state index in [1.54, 1.807) is 17.8 Å². The van der Waals surface area contributed by atoms with Crippen LogP contribution in [0.2, 0.25) is 0 Å². The molecule has 128 valence electrons. The molecule has 0 saturated heterocycles. The largest absolute Gasteiger partial charge is 0.494 e. The smallest absolute Gasteiger partial charge is 0.271 e. The summed E-state index contributed by atoms with van der Waals surface area (Å²) < 4.78 is 5.41. The first-order valence-electron chi connectivity index (χ1n) is 7.87. The summed E-state index contributed by atoms with van der Waals surface area (Å²) in [4.78, 5) is 20.5. The van der Waals surface area contributed by atoms with Crippen LogP contribution < -0.4 is 15.4 Å². The van der Waals surface area contributed by atoms with Gasteiger partial charge in [0.15, 0.2) is 5.13 Å². The number of amides is 1. The molecule has 0 radical (unpaired) electrons. The minimum atomic E-state index is -0.201. The van der Waals surface area contributed by atoms with Crippen LogP contribution in [-0.4, -0.2) is 22.5 Å². The predicted octanol–water partition coefficient (Wildman–Crippen LogP) is 3.61. The number of aromatic nitrogens is 2. The predicted molar refractivity (Wildman–Crippen MR) is 98.4 cm³/mol. The summed E-state index contributed by atoms with van der Waals surface area (Å²) in [6.07, 6.45) is 3.40. The first-order chi connectivity index (χ1) is 12.2. The lowest BCUT2D eigenvalue weighted by Gasteiger charge is -2.05. The third-order valence-corrected chi connectivity index (χ3v) is 4.11. The van der Waals surface area contributed by atoms with E-state index in [1.165, 1.54) is 11.3 Å². The number of thiazole rings is 1. The molecule has 0 aliphatic carbocycles. The van der Waals surface area contributed by atoms with Crippen molar-refractivity contribution in [2.75, 3.05) is 11.9 Å². The number of anilines is 2. The molecular weight excluding hydrogens is 336 g/mol. The van der Waals surface area contributed by atoms with Crippen molar-refractivity contribution in [3.05, 3.63) is 65.4 Å². The Morgan fingerprint density at radius 3 is 2.64 bits per heavy atom. The Morgan fingerprint density at radius 2 is 1.92 bits per heavy atom. The number of carbonyl (C=O) groups is 1. The van der Waals surface area contributed by atoms with Crippen molar-refractivity contribution in [3.63, 3.8) is 0 Å². The molecule has 0 saturated carbocycles. The van der Waals surface area contributed by atoms with Gasteiger partial charge in [-0.25, -0.2) is 4.98 Å². The zero-order valence-corrected chi connectivity index (χ0v) is 14.5. The summed E-state index contributed by atoms with van der Waals surface area (Å²) in [6, 6.07) is 11.3. The Labute approximate surface area is 149 Å².